The summed E-state index contributed by atoms with van der Waals surface area (Å²) in [4.78, 5) is 35.0. The van der Waals surface area contributed by atoms with Crippen molar-refractivity contribution in [2.45, 2.75) is 180 Å². The first-order chi connectivity index (χ1) is 27.5. The van der Waals surface area contributed by atoms with Gasteiger partial charge in [-0.25, -0.2) is 4.57 Å². The molecule has 0 aromatic heterocycles. The largest absolute Gasteiger partial charge is 0.472 e. The van der Waals surface area contributed by atoms with E-state index in [9.17, 15) is 34.4 Å². The molecular weight excluding hydrogens is 751 g/mol. The topological polar surface area (TPSA) is 189 Å². The summed E-state index contributed by atoms with van der Waals surface area (Å²) >= 11 is 0. The van der Waals surface area contributed by atoms with E-state index in [4.69, 9.17) is 19.1 Å². The molecule has 0 fully saturated rings. The van der Waals surface area contributed by atoms with Crippen LogP contribution in [0.2, 0.25) is 0 Å². The van der Waals surface area contributed by atoms with Crippen molar-refractivity contribution in [3.8, 4) is 0 Å². The number of aliphatic hydroxyl groups excluding tert-OH is 4. The molecular formula is C44H77O12P. The van der Waals surface area contributed by atoms with Crippen LogP contribution in [0.25, 0.3) is 0 Å². The van der Waals surface area contributed by atoms with E-state index in [1.54, 1.807) is 0 Å². The van der Waals surface area contributed by atoms with E-state index in [1.807, 2.05) is 18.2 Å². The van der Waals surface area contributed by atoms with Gasteiger partial charge in [0.25, 0.3) is 0 Å². The predicted octanol–water partition coefficient (Wildman–Crippen LogP) is 9.05. The number of esters is 2. The van der Waals surface area contributed by atoms with Crippen LogP contribution >= 0.6 is 7.82 Å². The lowest BCUT2D eigenvalue weighted by atomic mass is 10.0. The van der Waals surface area contributed by atoms with Crippen molar-refractivity contribution in [1.82, 2.24) is 0 Å². The van der Waals surface area contributed by atoms with Gasteiger partial charge in [0, 0.05) is 12.8 Å². The first-order valence-electron chi connectivity index (χ1n) is 21.4. The van der Waals surface area contributed by atoms with Crippen molar-refractivity contribution in [3.05, 3.63) is 60.8 Å². The highest BCUT2D eigenvalue weighted by Gasteiger charge is 2.27. The minimum Gasteiger partial charge on any atom is -0.462 e. The molecule has 0 heterocycles. The molecule has 0 aromatic carbocycles. The van der Waals surface area contributed by atoms with Gasteiger partial charge in [0.15, 0.2) is 6.10 Å². The standard InChI is InChI=1S/C44H77O12P/c1-3-5-7-9-11-12-13-14-15-16-17-18-19-20-21-25-30-34-44(50)56-40(38-55-57(51,52)54-36-39(46)35-45)37-53-43(49)33-29-26-22-24-28-32-42(48)41(47)31-27-23-10-8-6-4-2/h11-12,14-15,17-18,20-21,23,27,39-42,45-48H,3-10,13,16,19,22,24-26,28-38H2,1-2H3,(H,51,52)/b12-11-,15-14-,18-17-,21-20-,27-23-/t39-,40+,41+,42+/m0/s1. The number of carbonyl (C=O) groups is 2. The van der Waals surface area contributed by atoms with Crippen LogP contribution in [0.1, 0.15) is 155 Å². The molecule has 0 spiro atoms. The maximum atomic E-state index is 12.6. The number of hydrogen-bond donors (Lipinski definition) is 5. The van der Waals surface area contributed by atoms with Gasteiger partial charge in [0.05, 0.1) is 32.0 Å². The number of phosphoric ester groups is 1. The van der Waals surface area contributed by atoms with Crippen molar-refractivity contribution < 1.29 is 58.0 Å². The fraction of sp³-hybridized carbons (Fsp3) is 0.727. The monoisotopic (exact) mass is 829 g/mol. The van der Waals surface area contributed by atoms with E-state index >= 15 is 0 Å². The quantitative estimate of drug-likeness (QED) is 0.0171. The SMILES string of the molecule is CCCCC/C=C\C/C=C\C/C=C\C/C=C\CCCC(=O)O[C@H](COC(=O)CCCCCCC[C@@H](O)[C@H](O)C/C=C\CCCCC)COP(=O)(O)OC[C@@H](O)CO. The zero-order chi connectivity index (χ0) is 42.2. The molecule has 0 aliphatic rings. The molecule has 0 saturated carbocycles. The molecule has 0 aliphatic heterocycles. The van der Waals surface area contributed by atoms with Crippen LogP contribution in [-0.2, 0) is 32.7 Å². The Morgan fingerprint density at radius 3 is 1.68 bits per heavy atom. The molecule has 57 heavy (non-hydrogen) atoms. The molecule has 12 nitrogen and oxygen atoms in total. The second kappa shape index (κ2) is 39.1. The van der Waals surface area contributed by atoms with Crippen LogP contribution in [0.5, 0.6) is 0 Å². The Kier molecular flexibility index (Phi) is 37.4. The molecule has 0 aliphatic carbocycles. The number of allylic oxidation sites excluding steroid dienone is 9. The summed E-state index contributed by atoms with van der Waals surface area (Å²) in [6.45, 7) is 2.04. The molecule has 0 rings (SSSR count). The summed E-state index contributed by atoms with van der Waals surface area (Å²) < 4.78 is 32.5. The average Bonchev–Trinajstić information content (AvgIpc) is 3.19. The van der Waals surface area contributed by atoms with Gasteiger partial charge in [-0.1, -0.05) is 126 Å². The lowest BCUT2D eigenvalue weighted by Gasteiger charge is -2.20. The molecule has 0 aromatic rings. The second-order valence-corrected chi connectivity index (χ2v) is 15.8. The maximum Gasteiger partial charge on any atom is 0.472 e. The van der Waals surface area contributed by atoms with Crippen LogP contribution < -0.4 is 0 Å². The minimum absolute atomic E-state index is 0.0740. The third-order valence-electron chi connectivity index (χ3n) is 8.85. The highest BCUT2D eigenvalue weighted by atomic mass is 31.2. The van der Waals surface area contributed by atoms with Gasteiger partial charge in [-0.05, 0) is 77.0 Å². The Hall–Kier alpha value is -2.41. The van der Waals surface area contributed by atoms with Gasteiger partial charge in [-0.15, -0.1) is 0 Å². The number of aliphatic hydroxyl groups is 4. The van der Waals surface area contributed by atoms with E-state index in [0.29, 0.717) is 32.1 Å². The van der Waals surface area contributed by atoms with Gasteiger partial charge in [-0.2, -0.15) is 0 Å². The molecule has 330 valence electrons. The molecule has 1 unspecified atom stereocenters. The Bertz CT molecular complexity index is 1170. The molecule has 5 N–H and O–H groups in total. The van der Waals surface area contributed by atoms with Crippen LogP contribution in [0.15, 0.2) is 60.8 Å². The number of rotatable bonds is 39. The number of carbonyl (C=O) groups excluding carboxylic acids is 2. The van der Waals surface area contributed by atoms with Crippen molar-refractivity contribution in [2.75, 3.05) is 26.4 Å². The van der Waals surface area contributed by atoms with Crippen molar-refractivity contribution in [1.29, 1.82) is 0 Å². The zero-order valence-electron chi connectivity index (χ0n) is 35.0. The smallest absolute Gasteiger partial charge is 0.462 e. The highest BCUT2D eigenvalue weighted by Crippen LogP contribution is 2.43. The highest BCUT2D eigenvalue weighted by molar-refractivity contribution is 7.47. The zero-order valence-corrected chi connectivity index (χ0v) is 35.9. The van der Waals surface area contributed by atoms with E-state index < -0.39 is 70.6 Å². The van der Waals surface area contributed by atoms with Gasteiger partial charge < -0.3 is 34.8 Å². The van der Waals surface area contributed by atoms with Gasteiger partial charge in [0.1, 0.15) is 12.7 Å². The Morgan fingerprint density at radius 1 is 0.579 bits per heavy atom. The molecule has 0 amide bonds. The fourth-order valence-corrected chi connectivity index (χ4v) is 6.15. The number of ether oxygens (including phenoxy) is 2. The molecule has 13 heteroatoms. The molecule has 5 atom stereocenters. The summed E-state index contributed by atoms with van der Waals surface area (Å²) in [7, 11) is -4.67. The van der Waals surface area contributed by atoms with Crippen LogP contribution in [0, 0.1) is 0 Å². The second-order valence-electron chi connectivity index (χ2n) is 14.3. The lowest BCUT2D eigenvalue weighted by Crippen LogP contribution is -2.29. The third-order valence-corrected chi connectivity index (χ3v) is 9.80. The lowest BCUT2D eigenvalue weighted by molar-refractivity contribution is -0.161. The van der Waals surface area contributed by atoms with Crippen molar-refractivity contribution >= 4 is 19.8 Å². The first-order valence-corrected chi connectivity index (χ1v) is 22.9. The summed E-state index contributed by atoms with van der Waals surface area (Å²) in [6, 6.07) is 0. The van der Waals surface area contributed by atoms with Crippen LogP contribution in [-0.4, -0.2) is 88.1 Å². The molecule has 0 radical (unpaired) electrons. The van der Waals surface area contributed by atoms with Gasteiger partial charge >= 0.3 is 19.8 Å². The van der Waals surface area contributed by atoms with Crippen molar-refractivity contribution in [2.24, 2.45) is 0 Å². The summed E-state index contributed by atoms with van der Waals surface area (Å²) in [5.41, 5.74) is 0. The first kappa shape index (κ1) is 54.6. The predicted molar refractivity (Wildman–Crippen MR) is 226 cm³/mol. The normalized spacial score (nSPS) is 15.6. The molecule has 0 bridgehead atoms. The van der Waals surface area contributed by atoms with Crippen molar-refractivity contribution in [3.63, 3.8) is 0 Å². The third kappa shape index (κ3) is 37.6. The van der Waals surface area contributed by atoms with Crippen LogP contribution in [0.4, 0.5) is 0 Å². The summed E-state index contributed by atoms with van der Waals surface area (Å²) in [5, 5.41) is 38.7. The number of unbranched alkanes of at least 4 members (excludes halogenated alkanes) is 11. The van der Waals surface area contributed by atoms with E-state index in [2.05, 4.69) is 60.9 Å². The van der Waals surface area contributed by atoms with Crippen LogP contribution in [0.3, 0.4) is 0 Å². The number of hydrogen-bond acceptors (Lipinski definition) is 11. The summed E-state index contributed by atoms with van der Waals surface area (Å²) in [5.74, 6) is -1.11. The fourth-order valence-electron chi connectivity index (χ4n) is 5.36. The average molecular weight is 829 g/mol. The maximum absolute atomic E-state index is 12.6. The Balaban J connectivity index is 4.53. The van der Waals surface area contributed by atoms with E-state index in [-0.39, 0.29) is 12.8 Å². The Labute approximate surface area is 343 Å². The molecule has 0 saturated heterocycles. The number of phosphoric acid groups is 1. The summed E-state index contributed by atoms with van der Waals surface area (Å²) in [6.07, 6.45) is 35.0. The van der Waals surface area contributed by atoms with E-state index in [0.717, 1.165) is 64.2 Å². The van der Waals surface area contributed by atoms with Gasteiger partial charge in [0.2, 0.25) is 0 Å². The Morgan fingerprint density at radius 2 is 1.09 bits per heavy atom. The van der Waals surface area contributed by atoms with E-state index in [1.165, 1.54) is 32.1 Å². The van der Waals surface area contributed by atoms with Gasteiger partial charge in [-0.3, -0.25) is 18.6 Å². The minimum atomic E-state index is -4.67.